The molecule has 0 saturated heterocycles. The van der Waals surface area contributed by atoms with Crippen LogP contribution in [0.1, 0.15) is 12.1 Å². The Morgan fingerprint density at radius 2 is 2.25 bits per heavy atom. The summed E-state index contributed by atoms with van der Waals surface area (Å²) in [6.45, 7) is 0.170. The van der Waals surface area contributed by atoms with E-state index in [0.29, 0.717) is 17.8 Å². The summed E-state index contributed by atoms with van der Waals surface area (Å²) in [7, 11) is 0. The number of ether oxygens (including phenoxy) is 1. The summed E-state index contributed by atoms with van der Waals surface area (Å²) in [5, 5.41) is 2.61. The molecule has 1 aromatic heterocycles. The first kappa shape index (κ1) is 18.2. The second-order valence-corrected chi connectivity index (χ2v) is 6.12. The summed E-state index contributed by atoms with van der Waals surface area (Å²) < 4.78 is 19.5. The Labute approximate surface area is 144 Å². The van der Waals surface area contributed by atoms with Gasteiger partial charge in [0.05, 0.1) is 11.7 Å². The van der Waals surface area contributed by atoms with Crippen LogP contribution in [0.25, 0.3) is 0 Å². The van der Waals surface area contributed by atoms with Crippen LogP contribution in [-0.2, 0) is 11.4 Å². The van der Waals surface area contributed by atoms with Crippen LogP contribution in [0.3, 0.4) is 0 Å². The number of nitrogens with one attached hydrogen (secondary N) is 1. The molecule has 0 aliphatic rings. The van der Waals surface area contributed by atoms with Crippen LogP contribution in [0.15, 0.2) is 42.6 Å². The summed E-state index contributed by atoms with van der Waals surface area (Å²) >= 11 is 1.62. The SMILES string of the molecule is CSCC[C@H](N)C(=O)Nc1ccc(OCc2ccccn2)c(F)c1. The molecular formula is C17H20FN3O2S. The van der Waals surface area contributed by atoms with Gasteiger partial charge in [0, 0.05) is 18.0 Å². The average molecular weight is 349 g/mol. The highest BCUT2D eigenvalue weighted by atomic mass is 32.2. The normalized spacial score (nSPS) is 11.8. The maximum atomic E-state index is 14.1. The third kappa shape index (κ3) is 5.50. The zero-order chi connectivity index (χ0) is 17.4. The van der Waals surface area contributed by atoms with Gasteiger partial charge in [0.15, 0.2) is 11.6 Å². The maximum absolute atomic E-state index is 14.1. The Morgan fingerprint density at radius 1 is 1.42 bits per heavy atom. The minimum absolute atomic E-state index is 0.102. The number of pyridine rings is 1. The second kappa shape index (κ2) is 9.24. The van der Waals surface area contributed by atoms with Gasteiger partial charge in [-0.1, -0.05) is 6.07 Å². The summed E-state index contributed by atoms with van der Waals surface area (Å²) in [5.41, 5.74) is 6.83. The number of carbonyl (C=O) groups excluding carboxylic acids is 1. The van der Waals surface area contributed by atoms with Crippen molar-refractivity contribution >= 4 is 23.4 Å². The summed E-state index contributed by atoms with van der Waals surface area (Å²) in [4.78, 5) is 16.0. The van der Waals surface area contributed by atoms with Gasteiger partial charge in [0.1, 0.15) is 6.61 Å². The lowest BCUT2D eigenvalue weighted by molar-refractivity contribution is -0.117. The number of carbonyl (C=O) groups is 1. The van der Waals surface area contributed by atoms with Crippen LogP contribution in [0.5, 0.6) is 5.75 Å². The second-order valence-electron chi connectivity index (χ2n) is 5.13. The molecule has 0 fully saturated rings. The van der Waals surface area contributed by atoms with Crippen molar-refractivity contribution in [3.63, 3.8) is 0 Å². The number of hydrogen-bond donors (Lipinski definition) is 2. The van der Waals surface area contributed by atoms with Crippen LogP contribution < -0.4 is 15.8 Å². The number of nitrogens with zero attached hydrogens (tertiary/aromatic N) is 1. The molecule has 3 N–H and O–H groups in total. The van der Waals surface area contributed by atoms with Crippen molar-refractivity contribution in [2.75, 3.05) is 17.3 Å². The lowest BCUT2D eigenvalue weighted by Crippen LogP contribution is -2.36. The molecule has 1 amide bonds. The number of hydrogen-bond acceptors (Lipinski definition) is 5. The lowest BCUT2D eigenvalue weighted by Gasteiger charge is -2.13. The molecule has 128 valence electrons. The number of nitrogens with two attached hydrogens (primary N) is 1. The molecule has 24 heavy (non-hydrogen) atoms. The topological polar surface area (TPSA) is 77.2 Å². The van der Waals surface area contributed by atoms with Crippen molar-refractivity contribution in [1.29, 1.82) is 0 Å². The van der Waals surface area contributed by atoms with Crippen molar-refractivity contribution in [3.05, 3.63) is 54.1 Å². The molecule has 5 nitrogen and oxygen atoms in total. The van der Waals surface area contributed by atoms with E-state index in [1.54, 1.807) is 36.2 Å². The van der Waals surface area contributed by atoms with Crippen LogP contribution in [0.4, 0.5) is 10.1 Å². The zero-order valence-corrected chi connectivity index (χ0v) is 14.2. The van der Waals surface area contributed by atoms with Crippen molar-refractivity contribution in [2.45, 2.75) is 19.1 Å². The lowest BCUT2D eigenvalue weighted by atomic mass is 10.2. The third-order valence-electron chi connectivity index (χ3n) is 3.27. The standard InChI is InChI=1S/C17H20FN3O2S/c1-24-9-7-15(19)17(22)21-12-5-6-16(14(18)10-12)23-11-13-4-2-3-8-20-13/h2-6,8,10,15H,7,9,11,19H2,1H3,(H,21,22)/t15-/m0/s1. The van der Waals surface area contributed by atoms with Gasteiger partial charge in [0.2, 0.25) is 5.91 Å². The van der Waals surface area contributed by atoms with E-state index in [9.17, 15) is 9.18 Å². The molecule has 2 aromatic rings. The highest BCUT2D eigenvalue weighted by Gasteiger charge is 2.14. The van der Waals surface area contributed by atoms with Gasteiger partial charge in [-0.05, 0) is 42.7 Å². The van der Waals surface area contributed by atoms with Gasteiger partial charge < -0.3 is 15.8 Å². The molecule has 0 bridgehead atoms. The first-order valence-electron chi connectivity index (χ1n) is 7.48. The largest absolute Gasteiger partial charge is 0.484 e. The number of amides is 1. The molecular weight excluding hydrogens is 329 g/mol. The molecule has 0 unspecified atom stereocenters. The van der Waals surface area contributed by atoms with E-state index < -0.39 is 11.9 Å². The quantitative estimate of drug-likeness (QED) is 0.766. The zero-order valence-electron chi connectivity index (χ0n) is 13.4. The predicted molar refractivity (Wildman–Crippen MR) is 94.6 cm³/mol. The molecule has 7 heteroatoms. The molecule has 0 aliphatic heterocycles. The summed E-state index contributed by atoms with van der Waals surface area (Å²) in [6, 6.07) is 9.08. The molecule has 2 rings (SSSR count). The third-order valence-corrected chi connectivity index (χ3v) is 3.91. The van der Waals surface area contributed by atoms with Gasteiger partial charge in [-0.15, -0.1) is 0 Å². The monoisotopic (exact) mass is 349 g/mol. The van der Waals surface area contributed by atoms with Crippen LogP contribution in [0.2, 0.25) is 0 Å². The van der Waals surface area contributed by atoms with E-state index in [-0.39, 0.29) is 18.3 Å². The van der Waals surface area contributed by atoms with Crippen molar-refractivity contribution in [2.24, 2.45) is 5.73 Å². The van der Waals surface area contributed by atoms with Gasteiger partial charge in [-0.25, -0.2) is 4.39 Å². The van der Waals surface area contributed by atoms with Crippen LogP contribution >= 0.6 is 11.8 Å². The maximum Gasteiger partial charge on any atom is 0.241 e. The van der Waals surface area contributed by atoms with E-state index in [4.69, 9.17) is 10.5 Å². The minimum Gasteiger partial charge on any atom is -0.484 e. The van der Waals surface area contributed by atoms with E-state index in [0.717, 1.165) is 5.75 Å². The Bertz CT molecular complexity index is 670. The van der Waals surface area contributed by atoms with Gasteiger partial charge in [-0.2, -0.15) is 11.8 Å². The molecule has 0 radical (unpaired) electrons. The van der Waals surface area contributed by atoms with E-state index in [1.807, 2.05) is 12.3 Å². The van der Waals surface area contributed by atoms with E-state index in [2.05, 4.69) is 10.3 Å². The summed E-state index contributed by atoms with van der Waals surface area (Å²) in [6.07, 6.45) is 4.17. The number of thioether (sulfide) groups is 1. The molecule has 1 heterocycles. The van der Waals surface area contributed by atoms with Gasteiger partial charge in [-0.3, -0.25) is 9.78 Å². The fourth-order valence-electron chi connectivity index (χ4n) is 1.94. The number of rotatable bonds is 8. The molecule has 0 spiro atoms. The highest BCUT2D eigenvalue weighted by Crippen LogP contribution is 2.22. The van der Waals surface area contributed by atoms with Crippen molar-refractivity contribution < 1.29 is 13.9 Å². The predicted octanol–water partition coefficient (Wildman–Crippen LogP) is 2.82. The first-order chi connectivity index (χ1) is 11.6. The van der Waals surface area contributed by atoms with E-state index in [1.165, 1.54) is 12.1 Å². The minimum atomic E-state index is -0.611. The van der Waals surface area contributed by atoms with E-state index >= 15 is 0 Å². The van der Waals surface area contributed by atoms with Gasteiger partial charge in [0.25, 0.3) is 0 Å². The molecule has 0 aliphatic carbocycles. The molecule has 1 atom stereocenters. The molecule has 1 aromatic carbocycles. The fourth-order valence-corrected chi connectivity index (χ4v) is 2.43. The molecule has 0 saturated carbocycles. The Morgan fingerprint density at radius 3 is 2.92 bits per heavy atom. The average Bonchev–Trinajstić information content (AvgIpc) is 2.59. The van der Waals surface area contributed by atoms with Crippen molar-refractivity contribution in [1.82, 2.24) is 4.98 Å². The fraction of sp³-hybridized carbons (Fsp3) is 0.294. The summed E-state index contributed by atoms with van der Waals surface area (Å²) in [5.74, 6) is 0.0147. The van der Waals surface area contributed by atoms with Crippen LogP contribution in [-0.4, -0.2) is 28.9 Å². The van der Waals surface area contributed by atoms with Gasteiger partial charge >= 0.3 is 0 Å². The van der Waals surface area contributed by atoms with Crippen LogP contribution in [0, 0.1) is 5.82 Å². The smallest absolute Gasteiger partial charge is 0.241 e. The first-order valence-corrected chi connectivity index (χ1v) is 8.87. The number of benzene rings is 1. The van der Waals surface area contributed by atoms with Crippen molar-refractivity contribution in [3.8, 4) is 5.75 Å². The number of halogens is 1. The number of anilines is 1. The number of aromatic nitrogens is 1. The Kier molecular flexibility index (Phi) is 7.02. The Hall–Kier alpha value is -2.12. The highest BCUT2D eigenvalue weighted by molar-refractivity contribution is 7.98. The Balaban J connectivity index is 1.93.